The number of amides is 1. The SMILES string of the molecule is CCC(CC(=O)O)NC(=O)C1CCNC1C. The molecular formula is C11H20N2O3. The lowest BCUT2D eigenvalue weighted by Gasteiger charge is -2.20. The van der Waals surface area contributed by atoms with Crippen molar-refractivity contribution < 1.29 is 14.7 Å². The fourth-order valence-corrected chi connectivity index (χ4v) is 2.03. The summed E-state index contributed by atoms with van der Waals surface area (Å²) in [5.74, 6) is -0.918. The van der Waals surface area contributed by atoms with Crippen molar-refractivity contribution >= 4 is 11.9 Å². The van der Waals surface area contributed by atoms with Gasteiger partial charge in [-0.2, -0.15) is 0 Å². The summed E-state index contributed by atoms with van der Waals surface area (Å²) in [5.41, 5.74) is 0. The maximum absolute atomic E-state index is 11.9. The van der Waals surface area contributed by atoms with Crippen molar-refractivity contribution in [2.45, 2.75) is 45.2 Å². The first-order chi connectivity index (χ1) is 7.54. The molecule has 0 saturated carbocycles. The highest BCUT2D eigenvalue weighted by Gasteiger charge is 2.30. The Morgan fingerprint density at radius 1 is 1.56 bits per heavy atom. The average Bonchev–Trinajstić information content (AvgIpc) is 2.62. The van der Waals surface area contributed by atoms with Crippen LogP contribution in [0.1, 0.15) is 33.1 Å². The zero-order valence-electron chi connectivity index (χ0n) is 9.82. The van der Waals surface area contributed by atoms with Gasteiger partial charge in [0.25, 0.3) is 0 Å². The minimum absolute atomic E-state index is 0.00320. The van der Waals surface area contributed by atoms with Gasteiger partial charge in [0, 0.05) is 12.1 Å². The van der Waals surface area contributed by atoms with Crippen molar-refractivity contribution in [2.24, 2.45) is 5.92 Å². The molecule has 5 heteroatoms. The summed E-state index contributed by atoms with van der Waals surface area (Å²) >= 11 is 0. The Kier molecular flexibility index (Phi) is 4.73. The molecule has 0 aromatic carbocycles. The molecule has 1 heterocycles. The molecule has 5 nitrogen and oxygen atoms in total. The molecule has 0 aromatic heterocycles. The molecule has 16 heavy (non-hydrogen) atoms. The maximum atomic E-state index is 11.9. The van der Waals surface area contributed by atoms with E-state index in [4.69, 9.17) is 5.11 Å². The smallest absolute Gasteiger partial charge is 0.305 e. The van der Waals surface area contributed by atoms with Gasteiger partial charge in [-0.1, -0.05) is 6.92 Å². The van der Waals surface area contributed by atoms with Gasteiger partial charge in [-0.3, -0.25) is 9.59 Å². The Balaban J connectivity index is 2.45. The van der Waals surface area contributed by atoms with Crippen LogP contribution >= 0.6 is 0 Å². The van der Waals surface area contributed by atoms with Crippen LogP contribution in [-0.2, 0) is 9.59 Å². The molecule has 1 aliphatic heterocycles. The summed E-state index contributed by atoms with van der Waals surface area (Å²) < 4.78 is 0. The van der Waals surface area contributed by atoms with Crippen LogP contribution in [0.25, 0.3) is 0 Å². The molecule has 1 amide bonds. The molecule has 1 fully saturated rings. The van der Waals surface area contributed by atoms with Crippen LogP contribution < -0.4 is 10.6 Å². The van der Waals surface area contributed by atoms with Gasteiger partial charge in [0.1, 0.15) is 0 Å². The van der Waals surface area contributed by atoms with E-state index in [2.05, 4.69) is 10.6 Å². The van der Waals surface area contributed by atoms with Crippen molar-refractivity contribution in [1.29, 1.82) is 0 Å². The molecule has 3 unspecified atom stereocenters. The van der Waals surface area contributed by atoms with Gasteiger partial charge in [0.2, 0.25) is 5.91 Å². The van der Waals surface area contributed by atoms with Gasteiger partial charge < -0.3 is 15.7 Å². The molecule has 0 bridgehead atoms. The highest BCUT2D eigenvalue weighted by Crippen LogP contribution is 2.15. The molecule has 0 spiro atoms. The van der Waals surface area contributed by atoms with Crippen LogP contribution in [0.2, 0.25) is 0 Å². The van der Waals surface area contributed by atoms with Crippen molar-refractivity contribution in [3.05, 3.63) is 0 Å². The fraction of sp³-hybridized carbons (Fsp3) is 0.818. The lowest BCUT2D eigenvalue weighted by Crippen LogP contribution is -2.42. The minimum Gasteiger partial charge on any atom is -0.481 e. The largest absolute Gasteiger partial charge is 0.481 e. The van der Waals surface area contributed by atoms with Crippen molar-refractivity contribution in [2.75, 3.05) is 6.54 Å². The third kappa shape index (κ3) is 3.48. The molecule has 92 valence electrons. The Morgan fingerprint density at radius 2 is 2.25 bits per heavy atom. The molecular weight excluding hydrogens is 208 g/mol. The third-order valence-corrected chi connectivity index (χ3v) is 3.12. The first kappa shape index (κ1) is 13.0. The number of hydrogen-bond donors (Lipinski definition) is 3. The number of rotatable bonds is 5. The quantitative estimate of drug-likeness (QED) is 0.634. The van der Waals surface area contributed by atoms with E-state index < -0.39 is 5.97 Å². The first-order valence-corrected chi connectivity index (χ1v) is 5.80. The van der Waals surface area contributed by atoms with Crippen LogP contribution in [0.3, 0.4) is 0 Å². The van der Waals surface area contributed by atoms with E-state index in [0.29, 0.717) is 6.42 Å². The second kappa shape index (κ2) is 5.84. The van der Waals surface area contributed by atoms with Crippen molar-refractivity contribution in [1.82, 2.24) is 10.6 Å². The van der Waals surface area contributed by atoms with E-state index in [-0.39, 0.29) is 30.3 Å². The third-order valence-electron chi connectivity index (χ3n) is 3.12. The van der Waals surface area contributed by atoms with Gasteiger partial charge in [0.15, 0.2) is 0 Å². The maximum Gasteiger partial charge on any atom is 0.305 e. The first-order valence-electron chi connectivity index (χ1n) is 5.80. The van der Waals surface area contributed by atoms with Gasteiger partial charge in [-0.05, 0) is 26.3 Å². The molecule has 0 radical (unpaired) electrons. The number of nitrogens with one attached hydrogen (secondary N) is 2. The van der Waals surface area contributed by atoms with E-state index in [9.17, 15) is 9.59 Å². The van der Waals surface area contributed by atoms with Crippen LogP contribution in [0.15, 0.2) is 0 Å². The standard InChI is InChI=1S/C11H20N2O3/c1-3-8(6-10(14)15)13-11(16)9-4-5-12-7(9)2/h7-9,12H,3-6H2,1-2H3,(H,13,16)(H,14,15). The van der Waals surface area contributed by atoms with Gasteiger partial charge in [-0.25, -0.2) is 0 Å². The van der Waals surface area contributed by atoms with E-state index in [1.165, 1.54) is 0 Å². The highest BCUT2D eigenvalue weighted by molar-refractivity contribution is 5.80. The van der Waals surface area contributed by atoms with E-state index in [0.717, 1.165) is 13.0 Å². The van der Waals surface area contributed by atoms with Gasteiger partial charge in [-0.15, -0.1) is 0 Å². The summed E-state index contributed by atoms with van der Waals surface area (Å²) in [6.07, 6.45) is 1.47. The molecule has 0 aliphatic carbocycles. The Labute approximate surface area is 95.6 Å². The predicted molar refractivity (Wildman–Crippen MR) is 60.0 cm³/mol. The lowest BCUT2D eigenvalue weighted by molar-refractivity contribution is -0.137. The summed E-state index contributed by atoms with van der Waals surface area (Å²) in [6, 6.07) is -0.0693. The van der Waals surface area contributed by atoms with Crippen LogP contribution in [-0.4, -0.2) is 35.6 Å². The summed E-state index contributed by atoms with van der Waals surface area (Å²) in [7, 11) is 0. The number of carbonyl (C=O) groups excluding carboxylic acids is 1. The number of hydrogen-bond acceptors (Lipinski definition) is 3. The topological polar surface area (TPSA) is 78.4 Å². The van der Waals surface area contributed by atoms with Crippen LogP contribution in [0.4, 0.5) is 0 Å². The molecule has 1 rings (SSSR count). The fourth-order valence-electron chi connectivity index (χ4n) is 2.03. The minimum atomic E-state index is -0.871. The Bertz CT molecular complexity index is 268. The number of carboxylic acid groups (broad SMARTS) is 1. The second-order valence-electron chi connectivity index (χ2n) is 4.35. The Morgan fingerprint density at radius 3 is 2.69 bits per heavy atom. The zero-order chi connectivity index (χ0) is 12.1. The number of carboxylic acids is 1. The normalized spacial score (nSPS) is 26.4. The molecule has 0 aromatic rings. The van der Waals surface area contributed by atoms with E-state index in [1.54, 1.807) is 0 Å². The molecule has 1 saturated heterocycles. The molecule has 1 aliphatic rings. The van der Waals surface area contributed by atoms with Crippen LogP contribution in [0.5, 0.6) is 0 Å². The van der Waals surface area contributed by atoms with Gasteiger partial charge in [0.05, 0.1) is 12.3 Å². The van der Waals surface area contributed by atoms with Crippen LogP contribution in [0, 0.1) is 5.92 Å². The molecule has 3 atom stereocenters. The predicted octanol–water partition coefficient (Wildman–Crippen LogP) is 0.354. The number of carbonyl (C=O) groups is 2. The lowest BCUT2D eigenvalue weighted by atomic mass is 10.00. The van der Waals surface area contributed by atoms with Crippen molar-refractivity contribution in [3.8, 4) is 0 Å². The number of aliphatic carboxylic acids is 1. The van der Waals surface area contributed by atoms with Crippen molar-refractivity contribution in [3.63, 3.8) is 0 Å². The van der Waals surface area contributed by atoms with E-state index in [1.807, 2.05) is 13.8 Å². The monoisotopic (exact) mass is 228 g/mol. The molecule has 3 N–H and O–H groups in total. The summed E-state index contributed by atoms with van der Waals surface area (Å²) in [5, 5.41) is 14.7. The van der Waals surface area contributed by atoms with Gasteiger partial charge >= 0.3 is 5.97 Å². The Hall–Kier alpha value is -1.10. The summed E-state index contributed by atoms with van der Waals surface area (Å²) in [6.45, 7) is 4.72. The highest BCUT2D eigenvalue weighted by atomic mass is 16.4. The average molecular weight is 228 g/mol. The summed E-state index contributed by atoms with van der Waals surface area (Å²) in [4.78, 5) is 22.4. The second-order valence-corrected chi connectivity index (χ2v) is 4.35. The zero-order valence-corrected chi connectivity index (χ0v) is 9.82. The van der Waals surface area contributed by atoms with E-state index >= 15 is 0 Å².